The van der Waals surface area contributed by atoms with Gasteiger partial charge in [0.25, 0.3) is 0 Å². The van der Waals surface area contributed by atoms with Gasteiger partial charge in [0.15, 0.2) is 6.61 Å². The summed E-state index contributed by atoms with van der Waals surface area (Å²) >= 11 is 1.52. The molecule has 0 unspecified atom stereocenters. The third-order valence-corrected chi connectivity index (χ3v) is 6.68. The Labute approximate surface area is 196 Å². The molecule has 2 aromatic carbocycles. The molecule has 4 aromatic rings. The largest absolute Gasteiger partial charge is 0.454 e. The number of methoxy groups -OCH3 is 1. The van der Waals surface area contributed by atoms with Gasteiger partial charge in [-0.1, -0.05) is 30.3 Å². The summed E-state index contributed by atoms with van der Waals surface area (Å²) in [5.74, 6) is -0.751. The summed E-state index contributed by atoms with van der Waals surface area (Å²) in [6.07, 6.45) is 0.859. The average Bonchev–Trinajstić information content (AvgIpc) is 3.38. The summed E-state index contributed by atoms with van der Waals surface area (Å²) in [5, 5.41) is 0.745. The minimum atomic E-state index is -0.535. The van der Waals surface area contributed by atoms with Gasteiger partial charge in [-0.05, 0) is 44.5 Å². The molecule has 7 heteroatoms. The maximum absolute atomic E-state index is 12.9. The average molecular weight is 463 g/mol. The van der Waals surface area contributed by atoms with Gasteiger partial charge >= 0.3 is 5.97 Å². The van der Waals surface area contributed by atoms with E-state index >= 15 is 0 Å². The lowest BCUT2D eigenvalue weighted by Gasteiger charge is -2.10. The van der Waals surface area contributed by atoms with Gasteiger partial charge in [0.2, 0.25) is 5.78 Å². The Morgan fingerprint density at radius 1 is 1.03 bits per heavy atom. The highest BCUT2D eigenvalue weighted by molar-refractivity contribution is 7.21. The van der Waals surface area contributed by atoms with E-state index in [0.29, 0.717) is 23.3 Å². The SMILES string of the molecule is COCCCn1c(C)cc(C(=O)COC(=O)c2ccccc2-c2nc3ccccc3s2)c1C. The number of rotatable bonds is 9. The molecule has 0 saturated carbocycles. The third-order valence-electron chi connectivity index (χ3n) is 5.61. The fraction of sp³-hybridized carbons (Fsp3) is 0.269. The molecule has 0 bridgehead atoms. The Kier molecular flexibility index (Phi) is 7.01. The Balaban J connectivity index is 1.49. The van der Waals surface area contributed by atoms with Crippen LogP contribution >= 0.6 is 11.3 Å². The van der Waals surface area contributed by atoms with Crippen molar-refractivity contribution in [1.82, 2.24) is 9.55 Å². The lowest BCUT2D eigenvalue weighted by atomic mass is 10.1. The van der Waals surface area contributed by atoms with Crippen LogP contribution in [0.2, 0.25) is 0 Å². The lowest BCUT2D eigenvalue weighted by molar-refractivity contribution is 0.0475. The molecule has 0 aliphatic carbocycles. The zero-order valence-corrected chi connectivity index (χ0v) is 19.8. The molecule has 0 spiro atoms. The van der Waals surface area contributed by atoms with Gasteiger partial charge < -0.3 is 14.0 Å². The Morgan fingerprint density at radius 2 is 1.79 bits per heavy atom. The van der Waals surface area contributed by atoms with Crippen LogP contribution in [-0.4, -0.2) is 41.6 Å². The van der Waals surface area contributed by atoms with Crippen molar-refractivity contribution in [3.8, 4) is 10.6 Å². The fourth-order valence-electron chi connectivity index (χ4n) is 3.92. The molecule has 0 aliphatic heterocycles. The van der Waals surface area contributed by atoms with E-state index in [1.54, 1.807) is 19.2 Å². The molecular weight excluding hydrogens is 436 g/mol. The van der Waals surface area contributed by atoms with Gasteiger partial charge in [0.05, 0.1) is 15.8 Å². The van der Waals surface area contributed by atoms with E-state index in [9.17, 15) is 9.59 Å². The second-order valence-electron chi connectivity index (χ2n) is 7.81. The van der Waals surface area contributed by atoms with Gasteiger partial charge in [-0.3, -0.25) is 4.79 Å². The van der Waals surface area contributed by atoms with E-state index in [0.717, 1.165) is 39.6 Å². The van der Waals surface area contributed by atoms with Gasteiger partial charge in [0, 0.05) is 42.8 Å². The zero-order valence-electron chi connectivity index (χ0n) is 19.0. The van der Waals surface area contributed by atoms with Crippen molar-refractivity contribution in [2.45, 2.75) is 26.8 Å². The molecule has 6 nitrogen and oxygen atoms in total. The Bertz CT molecular complexity index is 1270. The number of para-hydroxylation sites is 1. The number of aromatic nitrogens is 2. The fourth-order valence-corrected chi connectivity index (χ4v) is 4.92. The van der Waals surface area contributed by atoms with E-state index in [1.165, 1.54) is 11.3 Å². The standard InChI is InChI=1S/C26H26N2O4S/c1-17-15-21(18(2)28(17)13-8-14-31-3)23(29)16-32-26(30)20-10-5-4-9-19(20)25-27-22-11-6-7-12-24(22)33-25/h4-7,9-12,15H,8,13-14,16H2,1-3H3. The van der Waals surface area contributed by atoms with Crippen LogP contribution < -0.4 is 0 Å². The van der Waals surface area contributed by atoms with Crippen molar-refractivity contribution in [2.75, 3.05) is 20.3 Å². The van der Waals surface area contributed by atoms with E-state index in [2.05, 4.69) is 9.55 Å². The number of Topliss-reactive ketones (excluding diaryl/α,β-unsaturated/α-hetero) is 1. The molecule has 2 aromatic heterocycles. The van der Waals surface area contributed by atoms with Gasteiger partial charge in [-0.25, -0.2) is 9.78 Å². The van der Waals surface area contributed by atoms with Gasteiger partial charge in [-0.2, -0.15) is 0 Å². The number of benzene rings is 2. The van der Waals surface area contributed by atoms with Crippen molar-refractivity contribution >= 4 is 33.3 Å². The Hall–Kier alpha value is -3.29. The number of hydrogen-bond donors (Lipinski definition) is 0. The minimum absolute atomic E-state index is 0.216. The van der Waals surface area contributed by atoms with E-state index in [-0.39, 0.29) is 12.4 Å². The molecule has 0 radical (unpaired) electrons. The number of fused-ring (bicyclic) bond motifs is 1. The molecule has 0 fully saturated rings. The molecular formula is C26H26N2O4S. The van der Waals surface area contributed by atoms with Crippen LogP contribution in [0.5, 0.6) is 0 Å². The molecule has 2 heterocycles. The topological polar surface area (TPSA) is 70.4 Å². The predicted molar refractivity (Wildman–Crippen MR) is 130 cm³/mol. The van der Waals surface area contributed by atoms with Crippen LogP contribution in [0, 0.1) is 13.8 Å². The quantitative estimate of drug-likeness (QED) is 0.188. The predicted octanol–water partition coefficient (Wildman–Crippen LogP) is 5.46. The minimum Gasteiger partial charge on any atom is -0.454 e. The second kappa shape index (κ2) is 10.1. The van der Waals surface area contributed by atoms with Gasteiger partial charge in [-0.15, -0.1) is 11.3 Å². The molecule has 0 atom stereocenters. The first kappa shape index (κ1) is 22.9. The summed E-state index contributed by atoms with van der Waals surface area (Å²) in [6.45, 7) is 5.00. The zero-order chi connectivity index (χ0) is 23.4. The number of hydrogen-bond acceptors (Lipinski definition) is 6. The lowest BCUT2D eigenvalue weighted by Crippen LogP contribution is -2.16. The van der Waals surface area contributed by atoms with Crippen LogP contribution in [-0.2, 0) is 16.0 Å². The van der Waals surface area contributed by atoms with E-state index in [4.69, 9.17) is 9.47 Å². The molecule has 0 saturated heterocycles. The number of carbonyl (C=O) groups excluding carboxylic acids is 2. The summed E-state index contributed by atoms with van der Waals surface area (Å²) in [7, 11) is 1.67. The summed E-state index contributed by atoms with van der Waals surface area (Å²) < 4.78 is 13.7. The maximum Gasteiger partial charge on any atom is 0.339 e. The van der Waals surface area contributed by atoms with Crippen LogP contribution in [0.4, 0.5) is 0 Å². The van der Waals surface area contributed by atoms with Crippen molar-refractivity contribution in [3.05, 3.63) is 77.1 Å². The highest BCUT2D eigenvalue weighted by Gasteiger charge is 2.20. The molecule has 0 N–H and O–H groups in total. The van der Waals surface area contributed by atoms with Gasteiger partial charge in [0.1, 0.15) is 5.01 Å². The van der Waals surface area contributed by atoms with E-state index < -0.39 is 5.97 Å². The summed E-state index contributed by atoms with van der Waals surface area (Å²) in [5.41, 5.74) is 4.44. The normalized spacial score (nSPS) is 11.1. The van der Waals surface area contributed by atoms with Crippen molar-refractivity contribution in [3.63, 3.8) is 0 Å². The first-order valence-electron chi connectivity index (χ1n) is 10.8. The van der Waals surface area contributed by atoms with E-state index in [1.807, 2.05) is 56.3 Å². The maximum atomic E-state index is 12.9. The molecule has 0 aliphatic rings. The van der Waals surface area contributed by atoms with Crippen molar-refractivity contribution in [1.29, 1.82) is 0 Å². The van der Waals surface area contributed by atoms with Crippen LogP contribution in [0.25, 0.3) is 20.8 Å². The number of aryl methyl sites for hydroxylation is 1. The highest BCUT2D eigenvalue weighted by atomic mass is 32.1. The number of thiazole rings is 1. The van der Waals surface area contributed by atoms with Crippen molar-refractivity contribution < 1.29 is 19.1 Å². The summed E-state index contributed by atoms with van der Waals surface area (Å²) in [4.78, 5) is 30.4. The summed E-state index contributed by atoms with van der Waals surface area (Å²) in [6, 6.07) is 16.9. The smallest absolute Gasteiger partial charge is 0.339 e. The number of nitrogens with zero attached hydrogens (tertiary/aromatic N) is 2. The number of ether oxygens (including phenoxy) is 2. The number of esters is 1. The third kappa shape index (κ3) is 4.89. The Morgan fingerprint density at radius 3 is 2.58 bits per heavy atom. The number of carbonyl (C=O) groups is 2. The van der Waals surface area contributed by atoms with Crippen molar-refractivity contribution in [2.24, 2.45) is 0 Å². The first-order valence-corrected chi connectivity index (χ1v) is 11.6. The highest BCUT2D eigenvalue weighted by Crippen LogP contribution is 2.32. The van der Waals surface area contributed by atoms with Crippen LogP contribution in [0.15, 0.2) is 54.6 Å². The van der Waals surface area contributed by atoms with Crippen LogP contribution in [0.3, 0.4) is 0 Å². The number of ketones is 1. The molecule has 170 valence electrons. The molecule has 4 rings (SSSR count). The monoisotopic (exact) mass is 462 g/mol. The second-order valence-corrected chi connectivity index (χ2v) is 8.85. The van der Waals surface area contributed by atoms with Crippen LogP contribution in [0.1, 0.15) is 38.5 Å². The first-order chi connectivity index (χ1) is 16.0. The molecule has 33 heavy (non-hydrogen) atoms. The molecule has 0 amide bonds.